The summed E-state index contributed by atoms with van der Waals surface area (Å²) in [6.45, 7) is 1.94. The topological polar surface area (TPSA) is 56.7 Å². The molecule has 1 unspecified atom stereocenters. The lowest BCUT2D eigenvalue weighted by Gasteiger charge is -2.06. The highest BCUT2D eigenvalue weighted by atomic mass is 15.1. The highest BCUT2D eigenvalue weighted by Crippen LogP contribution is 2.10. The Labute approximate surface area is 82.4 Å². The number of nitrogens with two attached hydrogens (primary N) is 1. The summed E-state index contributed by atoms with van der Waals surface area (Å²) in [5, 5.41) is 0. The van der Waals surface area contributed by atoms with Crippen molar-refractivity contribution in [1.29, 1.82) is 0 Å². The Hall–Kier alpha value is -1.68. The normalized spacial score (nSPS) is 12.7. The molecule has 0 aromatic carbocycles. The van der Waals surface area contributed by atoms with E-state index < -0.39 is 0 Å². The highest BCUT2D eigenvalue weighted by Gasteiger charge is 2.00. The zero-order valence-corrected chi connectivity index (χ0v) is 7.96. The average Bonchev–Trinajstić information content (AvgIpc) is 2.71. The Morgan fingerprint density at radius 1 is 1.43 bits per heavy atom. The van der Waals surface area contributed by atoms with Gasteiger partial charge in [-0.2, -0.15) is 0 Å². The molecular formula is C10H12N4. The average molecular weight is 188 g/mol. The maximum absolute atomic E-state index is 5.72. The van der Waals surface area contributed by atoms with Gasteiger partial charge in [0.1, 0.15) is 12.1 Å². The summed E-state index contributed by atoms with van der Waals surface area (Å²) >= 11 is 0. The summed E-state index contributed by atoms with van der Waals surface area (Å²) in [5.41, 5.74) is 6.76. The summed E-state index contributed by atoms with van der Waals surface area (Å²) in [4.78, 5) is 8.24. The summed E-state index contributed by atoms with van der Waals surface area (Å²) in [7, 11) is 0. The van der Waals surface area contributed by atoms with Crippen LogP contribution in [0.5, 0.6) is 0 Å². The summed E-state index contributed by atoms with van der Waals surface area (Å²) in [5.74, 6) is 0.854. The molecule has 4 nitrogen and oxygen atoms in total. The molecule has 72 valence electrons. The van der Waals surface area contributed by atoms with Crippen molar-refractivity contribution in [2.45, 2.75) is 13.0 Å². The third kappa shape index (κ3) is 1.65. The summed E-state index contributed by atoms with van der Waals surface area (Å²) < 4.78 is 1.85. The Morgan fingerprint density at radius 3 is 2.79 bits per heavy atom. The molecule has 0 bridgehead atoms. The van der Waals surface area contributed by atoms with E-state index in [2.05, 4.69) is 9.97 Å². The number of hydrogen-bond donors (Lipinski definition) is 1. The Balaban J connectivity index is 2.31. The van der Waals surface area contributed by atoms with Crippen LogP contribution in [0.2, 0.25) is 0 Å². The molecule has 0 saturated carbocycles. The zero-order valence-electron chi connectivity index (χ0n) is 7.96. The van der Waals surface area contributed by atoms with Crippen LogP contribution in [0, 0.1) is 0 Å². The van der Waals surface area contributed by atoms with E-state index in [1.165, 1.54) is 0 Å². The largest absolute Gasteiger partial charge is 0.324 e. The monoisotopic (exact) mass is 188 g/mol. The van der Waals surface area contributed by atoms with E-state index in [0.717, 1.165) is 11.4 Å². The second-order valence-corrected chi connectivity index (χ2v) is 3.21. The first-order valence-corrected chi connectivity index (χ1v) is 4.47. The molecular weight excluding hydrogens is 176 g/mol. The third-order valence-electron chi connectivity index (χ3n) is 2.07. The fourth-order valence-electron chi connectivity index (χ4n) is 1.21. The van der Waals surface area contributed by atoms with Crippen LogP contribution in [-0.2, 0) is 0 Å². The van der Waals surface area contributed by atoms with Crippen LogP contribution in [0.15, 0.2) is 37.1 Å². The lowest BCUT2D eigenvalue weighted by Crippen LogP contribution is -2.06. The Bertz CT molecular complexity index is 389. The van der Waals surface area contributed by atoms with Crippen molar-refractivity contribution in [1.82, 2.24) is 14.5 Å². The molecule has 14 heavy (non-hydrogen) atoms. The minimum atomic E-state index is 0.0272. The Morgan fingerprint density at radius 2 is 2.29 bits per heavy atom. The van der Waals surface area contributed by atoms with Crippen molar-refractivity contribution in [3.63, 3.8) is 0 Å². The minimum Gasteiger partial charge on any atom is -0.324 e. The SMILES string of the molecule is CC(N)c1ccc(-n2ccnc2)nc1. The molecule has 2 heterocycles. The van der Waals surface area contributed by atoms with E-state index in [-0.39, 0.29) is 6.04 Å². The van der Waals surface area contributed by atoms with Gasteiger partial charge in [0.2, 0.25) is 0 Å². The number of rotatable bonds is 2. The van der Waals surface area contributed by atoms with Crippen molar-refractivity contribution in [2.75, 3.05) is 0 Å². The van der Waals surface area contributed by atoms with E-state index in [0.29, 0.717) is 0 Å². The standard InChI is InChI=1S/C10H12N4/c1-8(11)9-2-3-10(13-6-9)14-5-4-12-7-14/h2-8H,11H2,1H3. The molecule has 0 saturated heterocycles. The van der Waals surface area contributed by atoms with Gasteiger partial charge < -0.3 is 5.73 Å². The fraction of sp³-hybridized carbons (Fsp3) is 0.200. The maximum atomic E-state index is 5.72. The number of nitrogens with zero attached hydrogens (tertiary/aromatic N) is 3. The van der Waals surface area contributed by atoms with Gasteiger partial charge in [0.15, 0.2) is 0 Å². The van der Waals surface area contributed by atoms with Gasteiger partial charge in [-0.25, -0.2) is 9.97 Å². The molecule has 2 rings (SSSR count). The van der Waals surface area contributed by atoms with Gasteiger partial charge in [0, 0.05) is 24.6 Å². The summed E-state index contributed by atoms with van der Waals surface area (Å²) in [6.07, 6.45) is 7.09. The van der Waals surface area contributed by atoms with Gasteiger partial charge in [0.05, 0.1) is 0 Å². The second kappa shape index (κ2) is 3.59. The molecule has 0 fully saturated rings. The molecule has 0 aliphatic rings. The quantitative estimate of drug-likeness (QED) is 0.772. The molecule has 0 aliphatic carbocycles. The van der Waals surface area contributed by atoms with Gasteiger partial charge in [-0.15, -0.1) is 0 Å². The van der Waals surface area contributed by atoms with E-state index in [9.17, 15) is 0 Å². The van der Waals surface area contributed by atoms with Crippen molar-refractivity contribution < 1.29 is 0 Å². The molecule has 2 aromatic rings. The fourth-order valence-corrected chi connectivity index (χ4v) is 1.21. The van der Waals surface area contributed by atoms with Crippen LogP contribution in [0.25, 0.3) is 5.82 Å². The van der Waals surface area contributed by atoms with Crippen molar-refractivity contribution >= 4 is 0 Å². The smallest absolute Gasteiger partial charge is 0.137 e. The third-order valence-corrected chi connectivity index (χ3v) is 2.07. The molecule has 2 N–H and O–H groups in total. The molecule has 0 spiro atoms. The maximum Gasteiger partial charge on any atom is 0.137 e. The molecule has 4 heteroatoms. The first-order chi connectivity index (χ1) is 6.77. The van der Waals surface area contributed by atoms with Crippen LogP contribution in [0.4, 0.5) is 0 Å². The zero-order chi connectivity index (χ0) is 9.97. The number of aromatic nitrogens is 3. The lowest BCUT2D eigenvalue weighted by molar-refractivity contribution is 0.808. The molecule has 2 aromatic heterocycles. The van der Waals surface area contributed by atoms with Crippen LogP contribution in [0.3, 0.4) is 0 Å². The van der Waals surface area contributed by atoms with Crippen molar-refractivity contribution in [3.05, 3.63) is 42.6 Å². The van der Waals surface area contributed by atoms with Crippen molar-refractivity contribution in [3.8, 4) is 5.82 Å². The second-order valence-electron chi connectivity index (χ2n) is 3.21. The van der Waals surface area contributed by atoms with Gasteiger partial charge in [-0.1, -0.05) is 6.07 Å². The number of pyridine rings is 1. The van der Waals surface area contributed by atoms with E-state index in [4.69, 9.17) is 5.73 Å². The van der Waals surface area contributed by atoms with Crippen LogP contribution in [0.1, 0.15) is 18.5 Å². The molecule has 0 radical (unpaired) electrons. The Kier molecular flexibility index (Phi) is 2.28. The summed E-state index contributed by atoms with van der Waals surface area (Å²) in [6, 6.07) is 3.94. The highest BCUT2D eigenvalue weighted by molar-refractivity contribution is 5.26. The van der Waals surface area contributed by atoms with Gasteiger partial charge in [0.25, 0.3) is 0 Å². The lowest BCUT2D eigenvalue weighted by atomic mass is 10.2. The number of hydrogen-bond acceptors (Lipinski definition) is 3. The predicted molar refractivity (Wildman–Crippen MR) is 54.0 cm³/mol. The number of imidazole rings is 1. The van der Waals surface area contributed by atoms with E-state index in [1.54, 1.807) is 18.7 Å². The van der Waals surface area contributed by atoms with Crippen LogP contribution >= 0.6 is 0 Å². The van der Waals surface area contributed by atoms with Gasteiger partial charge >= 0.3 is 0 Å². The minimum absolute atomic E-state index is 0.0272. The predicted octanol–water partition coefficient (Wildman–Crippen LogP) is 1.29. The van der Waals surface area contributed by atoms with E-state index in [1.807, 2.05) is 29.8 Å². The van der Waals surface area contributed by atoms with E-state index >= 15 is 0 Å². The van der Waals surface area contributed by atoms with Crippen LogP contribution in [-0.4, -0.2) is 14.5 Å². The molecule has 0 amide bonds. The van der Waals surface area contributed by atoms with Gasteiger partial charge in [-0.05, 0) is 18.6 Å². The molecule has 1 atom stereocenters. The van der Waals surface area contributed by atoms with Crippen molar-refractivity contribution in [2.24, 2.45) is 5.73 Å². The molecule has 0 aliphatic heterocycles. The first-order valence-electron chi connectivity index (χ1n) is 4.47. The first kappa shape index (κ1) is 8.90. The van der Waals surface area contributed by atoms with Crippen LogP contribution < -0.4 is 5.73 Å². The van der Waals surface area contributed by atoms with Gasteiger partial charge in [-0.3, -0.25) is 4.57 Å².